The van der Waals surface area contributed by atoms with Crippen LogP contribution in [0, 0.1) is 0 Å². The number of allylic oxidation sites excluding steroid dienone is 6. The van der Waals surface area contributed by atoms with Crippen molar-refractivity contribution in [2.75, 3.05) is 5.73 Å². The van der Waals surface area contributed by atoms with E-state index in [2.05, 4.69) is 4.98 Å². The lowest BCUT2D eigenvalue weighted by Crippen LogP contribution is -1.84. The minimum absolute atomic E-state index is 0.610. The number of nitrogens with two attached hydrogens (primary N) is 1. The lowest BCUT2D eigenvalue weighted by Gasteiger charge is -1.93. The molecule has 1 rings (SSSR count). The third-order valence-corrected chi connectivity index (χ3v) is 2.38. The van der Waals surface area contributed by atoms with E-state index in [-0.39, 0.29) is 0 Å². The number of rotatable bonds is 3. The SMILES string of the molecule is C\C=C/C=C\C(=C/C)c1csc(N)n1. The average molecular weight is 206 g/mol. The molecule has 74 valence electrons. The summed E-state index contributed by atoms with van der Waals surface area (Å²) in [6.07, 6.45) is 10.0. The van der Waals surface area contributed by atoms with E-state index in [1.807, 2.05) is 49.6 Å². The van der Waals surface area contributed by atoms with Gasteiger partial charge in [0.25, 0.3) is 0 Å². The van der Waals surface area contributed by atoms with Crippen molar-refractivity contribution >= 4 is 22.0 Å². The molecule has 0 aliphatic carbocycles. The smallest absolute Gasteiger partial charge is 0.180 e. The van der Waals surface area contributed by atoms with Crippen molar-refractivity contribution in [1.29, 1.82) is 0 Å². The van der Waals surface area contributed by atoms with Gasteiger partial charge >= 0.3 is 0 Å². The Morgan fingerprint density at radius 1 is 1.43 bits per heavy atom. The molecule has 0 unspecified atom stereocenters. The zero-order chi connectivity index (χ0) is 10.4. The van der Waals surface area contributed by atoms with Crippen molar-refractivity contribution in [2.45, 2.75) is 13.8 Å². The molecule has 2 N–H and O–H groups in total. The fourth-order valence-electron chi connectivity index (χ4n) is 1.02. The molecule has 0 amide bonds. The molecule has 2 nitrogen and oxygen atoms in total. The zero-order valence-electron chi connectivity index (χ0n) is 8.40. The third kappa shape index (κ3) is 2.85. The van der Waals surface area contributed by atoms with E-state index >= 15 is 0 Å². The number of hydrogen-bond acceptors (Lipinski definition) is 3. The number of anilines is 1. The first-order valence-corrected chi connectivity index (χ1v) is 5.33. The molecule has 0 aliphatic heterocycles. The predicted octanol–water partition coefficient (Wildman–Crippen LogP) is 3.26. The van der Waals surface area contributed by atoms with Gasteiger partial charge in [0.15, 0.2) is 5.13 Å². The molecule has 3 heteroatoms. The zero-order valence-corrected chi connectivity index (χ0v) is 9.21. The molecular formula is C11H14N2S. The van der Waals surface area contributed by atoms with Crippen molar-refractivity contribution < 1.29 is 0 Å². The van der Waals surface area contributed by atoms with Crippen LogP contribution in [0.15, 0.2) is 35.8 Å². The summed E-state index contributed by atoms with van der Waals surface area (Å²) in [6.45, 7) is 3.98. The molecule has 14 heavy (non-hydrogen) atoms. The summed E-state index contributed by atoms with van der Waals surface area (Å²) in [5, 5.41) is 2.57. The molecular weight excluding hydrogens is 192 g/mol. The van der Waals surface area contributed by atoms with Crippen LogP contribution in [0.3, 0.4) is 0 Å². The topological polar surface area (TPSA) is 38.9 Å². The maximum Gasteiger partial charge on any atom is 0.180 e. The van der Waals surface area contributed by atoms with E-state index < -0.39 is 0 Å². The van der Waals surface area contributed by atoms with Gasteiger partial charge in [0.05, 0.1) is 5.69 Å². The summed E-state index contributed by atoms with van der Waals surface area (Å²) in [5.74, 6) is 0. The molecule has 1 aromatic rings. The molecule has 0 saturated carbocycles. The summed E-state index contributed by atoms with van der Waals surface area (Å²) in [7, 11) is 0. The van der Waals surface area contributed by atoms with Gasteiger partial charge in [0.2, 0.25) is 0 Å². The van der Waals surface area contributed by atoms with Gasteiger partial charge in [-0.2, -0.15) is 0 Å². The van der Waals surface area contributed by atoms with Gasteiger partial charge in [-0.15, -0.1) is 11.3 Å². The molecule has 0 radical (unpaired) electrons. The summed E-state index contributed by atoms with van der Waals surface area (Å²) < 4.78 is 0. The Morgan fingerprint density at radius 3 is 2.71 bits per heavy atom. The summed E-state index contributed by atoms with van der Waals surface area (Å²) >= 11 is 1.46. The molecule has 1 heterocycles. The Labute approximate surface area is 88.5 Å². The largest absolute Gasteiger partial charge is 0.375 e. The van der Waals surface area contributed by atoms with Crippen molar-refractivity contribution in [3.63, 3.8) is 0 Å². The van der Waals surface area contributed by atoms with Crippen molar-refractivity contribution in [1.82, 2.24) is 4.98 Å². The third-order valence-electron chi connectivity index (χ3n) is 1.71. The molecule has 1 aromatic heterocycles. The lowest BCUT2D eigenvalue weighted by atomic mass is 10.2. The molecule has 0 aromatic carbocycles. The van der Waals surface area contributed by atoms with Crippen LogP contribution in [-0.4, -0.2) is 4.98 Å². The minimum atomic E-state index is 0.610. The van der Waals surface area contributed by atoms with E-state index in [1.165, 1.54) is 11.3 Å². The van der Waals surface area contributed by atoms with Gasteiger partial charge in [-0.25, -0.2) is 4.98 Å². The van der Waals surface area contributed by atoms with Crippen LogP contribution >= 0.6 is 11.3 Å². The van der Waals surface area contributed by atoms with Gasteiger partial charge in [0, 0.05) is 5.38 Å². The fourth-order valence-corrected chi connectivity index (χ4v) is 1.59. The average Bonchev–Trinajstić information content (AvgIpc) is 2.60. The number of aromatic nitrogens is 1. The Morgan fingerprint density at radius 2 is 2.21 bits per heavy atom. The van der Waals surface area contributed by atoms with Gasteiger partial charge in [-0.3, -0.25) is 0 Å². The van der Waals surface area contributed by atoms with Crippen LogP contribution in [0.25, 0.3) is 5.57 Å². The van der Waals surface area contributed by atoms with E-state index in [1.54, 1.807) is 0 Å². The van der Waals surface area contributed by atoms with Crippen LogP contribution in [0.4, 0.5) is 5.13 Å². The molecule has 0 spiro atoms. The number of thiazole rings is 1. The first-order valence-electron chi connectivity index (χ1n) is 4.45. The maximum atomic E-state index is 5.57. The predicted molar refractivity (Wildman–Crippen MR) is 64.1 cm³/mol. The first-order chi connectivity index (χ1) is 6.77. The van der Waals surface area contributed by atoms with Crippen LogP contribution in [0.2, 0.25) is 0 Å². The Balaban J connectivity index is 2.84. The summed E-state index contributed by atoms with van der Waals surface area (Å²) in [4.78, 5) is 4.21. The summed E-state index contributed by atoms with van der Waals surface area (Å²) in [6, 6.07) is 0. The fraction of sp³-hybridized carbons (Fsp3) is 0.182. The van der Waals surface area contributed by atoms with Gasteiger partial charge in [-0.1, -0.05) is 30.4 Å². The number of hydrogen-bond donors (Lipinski definition) is 1. The monoisotopic (exact) mass is 206 g/mol. The van der Waals surface area contributed by atoms with Gasteiger partial charge in [0.1, 0.15) is 0 Å². The minimum Gasteiger partial charge on any atom is -0.375 e. The first kappa shape index (κ1) is 10.7. The summed E-state index contributed by atoms with van der Waals surface area (Å²) in [5.41, 5.74) is 7.60. The second-order valence-electron chi connectivity index (χ2n) is 2.70. The van der Waals surface area contributed by atoms with Gasteiger partial charge < -0.3 is 5.73 Å². The Kier molecular flexibility index (Phi) is 4.13. The Bertz CT molecular complexity index is 372. The molecule has 0 bridgehead atoms. The number of nitrogen functional groups attached to an aromatic ring is 1. The molecule has 0 aliphatic rings. The second-order valence-corrected chi connectivity index (χ2v) is 3.59. The van der Waals surface area contributed by atoms with Crippen LogP contribution in [0.1, 0.15) is 19.5 Å². The van der Waals surface area contributed by atoms with E-state index in [4.69, 9.17) is 5.73 Å². The highest BCUT2D eigenvalue weighted by molar-refractivity contribution is 7.13. The highest BCUT2D eigenvalue weighted by Gasteiger charge is 2.00. The van der Waals surface area contributed by atoms with Crippen molar-refractivity contribution in [3.05, 3.63) is 41.5 Å². The van der Waals surface area contributed by atoms with Crippen LogP contribution in [-0.2, 0) is 0 Å². The second kappa shape index (κ2) is 5.40. The van der Waals surface area contributed by atoms with Crippen LogP contribution < -0.4 is 5.73 Å². The molecule has 0 fully saturated rings. The van der Waals surface area contributed by atoms with E-state index in [0.29, 0.717) is 5.13 Å². The quantitative estimate of drug-likeness (QED) is 0.771. The van der Waals surface area contributed by atoms with Crippen LogP contribution in [0.5, 0.6) is 0 Å². The Hall–Kier alpha value is -1.35. The molecule has 0 saturated heterocycles. The highest BCUT2D eigenvalue weighted by atomic mass is 32.1. The maximum absolute atomic E-state index is 5.57. The van der Waals surface area contributed by atoms with Crippen molar-refractivity contribution in [2.24, 2.45) is 0 Å². The number of nitrogens with zero attached hydrogens (tertiary/aromatic N) is 1. The molecule has 0 atom stereocenters. The normalized spacial score (nSPS) is 13.1. The van der Waals surface area contributed by atoms with E-state index in [0.717, 1.165) is 11.3 Å². The lowest BCUT2D eigenvalue weighted by molar-refractivity contribution is 1.36. The van der Waals surface area contributed by atoms with Gasteiger partial charge in [-0.05, 0) is 19.4 Å². The van der Waals surface area contributed by atoms with E-state index in [9.17, 15) is 0 Å². The highest BCUT2D eigenvalue weighted by Crippen LogP contribution is 2.20. The van der Waals surface area contributed by atoms with Crippen molar-refractivity contribution in [3.8, 4) is 0 Å². The standard InChI is InChI=1S/C11H14N2S/c1-3-5-6-7-9(4-2)10-8-14-11(12)13-10/h3-8H,1-2H3,(H2,12,13)/b5-3-,7-6-,9-4+.